The molecular weight excluding hydrogens is 202 g/mol. The molecule has 1 amide bonds. The number of amides is 1. The van der Waals surface area contributed by atoms with Crippen LogP contribution in [0, 0.1) is 0 Å². The smallest absolute Gasteiger partial charge is 0.412 e. The van der Waals surface area contributed by atoms with Crippen molar-refractivity contribution < 1.29 is 14.6 Å². The summed E-state index contributed by atoms with van der Waals surface area (Å²) in [6, 6.07) is 5.38. The Labute approximate surface area is 85.5 Å². The zero-order chi connectivity index (χ0) is 10.1. The average molecular weight is 211 g/mol. The predicted molar refractivity (Wildman–Crippen MR) is 54.2 cm³/mol. The zero-order valence-electron chi connectivity index (χ0n) is 7.56. The van der Waals surface area contributed by atoms with Gasteiger partial charge in [-0.05, 0) is 18.2 Å². The lowest BCUT2D eigenvalue weighted by molar-refractivity contribution is 0.203. The number of fused-ring (bicyclic) bond motifs is 1. The molecule has 0 radical (unpaired) electrons. The summed E-state index contributed by atoms with van der Waals surface area (Å²) < 4.78 is 5.06. The Balaban J connectivity index is 2.38. The van der Waals surface area contributed by atoms with Gasteiger partial charge in [0.15, 0.2) is 0 Å². The summed E-state index contributed by atoms with van der Waals surface area (Å²) in [6.07, 6.45) is -0.915. The number of nitrogens with zero attached hydrogens (tertiary/aromatic N) is 1. The summed E-state index contributed by atoms with van der Waals surface area (Å²) in [5.74, 6) is 1.21. The van der Waals surface area contributed by atoms with Gasteiger partial charge in [-0.3, -0.25) is 4.90 Å². The Hall–Kier alpha value is -1.36. The quantitative estimate of drug-likeness (QED) is 0.774. The fraction of sp³-hybridized carbons (Fsp3) is 0.222. The predicted octanol–water partition coefficient (Wildman–Crippen LogP) is 2.24. The molecule has 1 N–H and O–H groups in total. The topological polar surface area (TPSA) is 49.8 Å². The molecule has 0 saturated carbocycles. The fourth-order valence-corrected chi connectivity index (χ4v) is 2.37. The highest BCUT2D eigenvalue weighted by Crippen LogP contribution is 2.40. The molecule has 0 saturated heterocycles. The fourth-order valence-electron chi connectivity index (χ4n) is 1.32. The molecule has 0 bridgehead atoms. The van der Waals surface area contributed by atoms with Gasteiger partial charge in [0.25, 0.3) is 0 Å². The van der Waals surface area contributed by atoms with Crippen molar-refractivity contribution in [1.82, 2.24) is 0 Å². The van der Waals surface area contributed by atoms with E-state index < -0.39 is 6.09 Å². The van der Waals surface area contributed by atoms with Crippen LogP contribution in [0.15, 0.2) is 23.1 Å². The van der Waals surface area contributed by atoms with Gasteiger partial charge >= 0.3 is 6.09 Å². The van der Waals surface area contributed by atoms with Gasteiger partial charge in [0.1, 0.15) is 5.75 Å². The first-order chi connectivity index (χ1) is 6.72. The minimum atomic E-state index is -0.915. The molecular formula is C9H9NO3S. The number of hydrogen-bond donors (Lipinski definition) is 1. The molecule has 0 atom stereocenters. The van der Waals surface area contributed by atoms with Gasteiger partial charge in [-0.25, -0.2) is 4.79 Å². The second kappa shape index (κ2) is 3.42. The number of methoxy groups -OCH3 is 1. The monoisotopic (exact) mass is 211 g/mol. The standard InChI is InChI=1S/C9H9NO3S/c1-13-6-2-3-7-8(4-6)14-5-10(7)9(11)12/h2-4H,5H2,1H3,(H,11,12). The van der Waals surface area contributed by atoms with Gasteiger partial charge in [-0.1, -0.05) is 0 Å². The zero-order valence-corrected chi connectivity index (χ0v) is 8.37. The largest absolute Gasteiger partial charge is 0.497 e. The number of thioether (sulfide) groups is 1. The molecule has 0 unspecified atom stereocenters. The molecule has 5 heteroatoms. The Morgan fingerprint density at radius 1 is 1.64 bits per heavy atom. The summed E-state index contributed by atoms with van der Waals surface area (Å²) >= 11 is 1.50. The molecule has 4 nitrogen and oxygen atoms in total. The summed E-state index contributed by atoms with van der Waals surface area (Å²) in [7, 11) is 1.59. The van der Waals surface area contributed by atoms with E-state index in [9.17, 15) is 4.79 Å². The SMILES string of the molecule is COc1ccc2c(c1)SCN2C(=O)O. The minimum Gasteiger partial charge on any atom is -0.497 e. The number of carbonyl (C=O) groups is 1. The van der Waals surface area contributed by atoms with Gasteiger partial charge in [0.05, 0.1) is 18.7 Å². The molecule has 0 fully saturated rings. The summed E-state index contributed by atoms with van der Waals surface area (Å²) in [4.78, 5) is 13.1. The van der Waals surface area contributed by atoms with Crippen LogP contribution in [0.3, 0.4) is 0 Å². The molecule has 1 aliphatic rings. The highest BCUT2D eigenvalue weighted by Gasteiger charge is 2.24. The lowest BCUT2D eigenvalue weighted by atomic mass is 10.3. The third kappa shape index (κ3) is 1.39. The molecule has 1 aliphatic heterocycles. The highest BCUT2D eigenvalue weighted by molar-refractivity contribution is 8.00. The van der Waals surface area contributed by atoms with E-state index in [0.29, 0.717) is 5.88 Å². The minimum absolute atomic E-state index is 0.456. The number of anilines is 1. The molecule has 1 aromatic carbocycles. The second-order valence-electron chi connectivity index (χ2n) is 2.82. The van der Waals surface area contributed by atoms with E-state index in [1.165, 1.54) is 16.7 Å². The van der Waals surface area contributed by atoms with Crippen molar-refractivity contribution >= 4 is 23.5 Å². The third-order valence-electron chi connectivity index (χ3n) is 2.04. The summed E-state index contributed by atoms with van der Waals surface area (Å²) in [5.41, 5.74) is 0.739. The molecule has 14 heavy (non-hydrogen) atoms. The van der Waals surface area contributed by atoms with Crippen LogP contribution in [0.2, 0.25) is 0 Å². The van der Waals surface area contributed by atoms with Crippen molar-refractivity contribution in [2.24, 2.45) is 0 Å². The van der Waals surface area contributed by atoms with Crippen LogP contribution < -0.4 is 9.64 Å². The average Bonchev–Trinajstić information content (AvgIpc) is 2.59. The van der Waals surface area contributed by atoms with Crippen LogP contribution in [0.5, 0.6) is 5.75 Å². The number of carboxylic acid groups (broad SMARTS) is 1. The Bertz CT molecular complexity index is 380. The van der Waals surface area contributed by atoms with Crippen LogP contribution in [0.4, 0.5) is 10.5 Å². The lowest BCUT2D eigenvalue weighted by Gasteiger charge is -2.11. The third-order valence-corrected chi connectivity index (χ3v) is 3.06. The molecule has 0 aliphatic carbocycles. The molecule has 0 aromatic heterocycles. The second-order valence-corrected chi connectivity index (χ2v) is 3.80. The number of rotatable bonds is 1. The molecule has 1 heterocycles. The van der Waals surface area contributed by atoms with E-state index in [0.717, 1.165) is 16.3 Å². The van der Waals surface area contributed by atoms with Crippen LogP contribution in [0.1, 0.15) is 0 Å². The van der Waals surface area contributed by atoms with Crippen molar-refractivity contribution in [2.75, 3.05) is 17.9 Å². The molecule has 74 valence electrons. The van der Waals surface area contributed by atoms with E-state index in [1.807, 2.05) is 6.07 Å². The van der Waals surface area contributed by atoms with Gasteiger partial charge in [0.2, 0.25) is 0 Å². The van der Waals surface area contributed by atoms with Crippen molar-refractivity contribution in [3.63, 3.8) is 0 Å². The normalized spacial score (nSPS) is 13.9. The number of hydrogen-bond acceptors (Lipinski definition) is 3. The Kier molecular flexibility index (Phi) is 2.25. The summed E-state index contributed by atoms with van der Waals surface area (Å²) in [5, 5.41) is 8.87. The van der Waals surface area contributed by atoms with E-state index >= 15 is 0 Å². The van der Waals surface area contributed by atoms with Crippen molar-refractivity contribution in [1.29, 1.82) is 0 Å². The van der Waals surface area contributed by atoms with Crippen molar-refractivity contribution in [3.05, 3.63) is 18.2 Å². The van der Waals surface area contributed by atoms with E-state index in [4.69, 9.17) is 9.84 Å². The van der Waals surface area contributed by atoms with Crippen LogP contribution in [-0.2, 0) is 0 Å². The maximum absolute atomic E-state index is 10.8. The number of ether oxygens (including phenoxy) is 1. The highest BCUT2D eigenvalue weighted by atomic mass is 32.2. The van der Waals surface area contributed by atoms with Crippen molar-refractivity contribution in [3.8, 4) is 5.75 Å². The maximum atomic E-state index is 10.8. The maximum Gasteiger partial charge on any atom is 0.412 e. The van der Waals surface area contributed by atoms with Crippen LogP contribution in [0.25, 0.3) is 0 Å². The molecule has 0 spiro atoms. The van der Waals surface area contributed by atoms with E-state index in [1.54, 1.807) is 19.2 Å². The molecule has 1 aromatic rings. The van der Waals surface area contributed by atoms with E-state index in [2.05, 4.69) is 0 Å². The first kappa shape index (κ1) is 9.21. The first-order valence-corrected chi connectivity index (χ1v) is 5.02. The van der Waals surface area contributed by atoms with Gasteiger partial charge < -0.3 is 9.84 Å². The Morgan fingerprint density at radius 3 is 3.07 bits per heavy atom. The van der Waals surface area contributed by atoms with Gasteiger partial charge in [0, 0.05) is 4.90 Å². The van der Waals surface area contributed by atoms with Crippen LogP contribution in [-0.4, -0.2) is 24.2 Å². The molecule has 2 rings (SSSR count). The number of benzene rings is 1. The lowest BCUT2D eigenvalue weighted by Crippen LogP contribution is -2.25. The van der Waals surface area contributed by atoms with E-state index in [-0.39, 0.29) is 0 Å². The van der Waals surface area contributed by atoms with Crippen molar-refractivity contribution in [2.45, 2.75) is 4.90 Å². The Morgan fingerprint density at radius 2 is 2.43 bits per heavy atom. The van der Waals surface area contributed by atoms with Crippen LogP contribution >= 0.6 is 11.8 Å². The first-order valence-electron chi connectivity index (χ1n) is 4.03. The van der Waals surface area contributed by atoms with Gasteiger partial charge in [-0.15, -0.1) is 11.8 Å². The summed E-state index contributed by atoms with van der Waals surface area (Å²) in [6.45, 7) is 0. The van der Waals surface area contributed by atoms with Gasteiger partial charge in [-0.2, -0.15) is 0 Å².